The monoisotopic (exact) mass is 753 g/mol. The van der Waals surface area contributed by atoms with Crippen LogP contribution in [0.5, 0.6) is 5.75 Å². The summed E-state index contributed by atoms with van der Waals surface area (Å²) in [5, 5.41) is -0.334. The molecule has 1 fully saturated rings. The third kappa shape index (κ3) is 9.21. The predicted molar refractivity (Wildman–Crippen MR) is 190 cm³/mol. The summed E-state index contributed by atoms with van der Waals surface area (Å²) in [7, 11) is -1.51. The maximum atomic E-state index is 13.5. The number of nitrogens with zero attached hydrogens (tertiary/aromatic N) is 2. The number of halogens is 4. The standard InChI is InChI=1S/C37H47ClF3N3O6S/c1-24-8-7-16-36(49-4,20-34(45)43(3)23-37(39,40)41)31-14-11-28(31)21-44-17-6-5-9-26-18-30(38)13-10-29(26)22-50-33-15-12-27(19-32(33)44)35(46)42-51(47,48)25(24)2/h7,10,12-13,15-16,18-19,24-25,28,31H,5-6,8-9,11,14,17,20-23H2,1-4H3,(H,42,46)/b16-7+/t24-,25+,28-,31+,36+/m0/s1. The van der Waals surface area contributed by atoms with E-state index in [0.717, 1.165) is 43.9 Å². The SMILES string of the molecule is CO[C@@]1(CC(=O)N(C)CC(F)(F)F)/C=C/C[C@H](C)[C@@H](C)S(=O)(=O)NC(=O)c2ccc3c(c2)N(CCCCc2cc(Cl)ccc2CO3)C[C@@H]2CC[C@H]21. The summed E-state index contributed by atoms with van der Waals surface area (Å²) in [6.07, 6.45) is 2.76. The van der Waals surface area contributed by atoms with E-state index in [1.165, 1.54) is 14.0 Å². The molecular formula is C37H47ClF3N3O6S. The molecule has 2 aromatic rings. The van der Waals surface area contributed by atoms with E-state index < -0.39 is 51.3 Å². The van der Waals surface area contributed by atoms with Crippen LogP contribution in [0, 0.1) is 17.8 Å². The van der Waals surface area contributed by atoms with Crippen molar-refractivity contribution in [2.45, 2.75) is 82.4 Å². The van der Waals surface area contributed by atoms with Gasteiger partial charge in [0.05, 0.1) is 23.0 Å². The van der Waals surface area contributed by atoms with Crippen molar-refractivity contribution in [3.05, 3.63) is 70.3 Å². The average molecular weight is 754 g/mol. The summed E-state index contributed by atoms with van der Waals surface area (Å²) >= 11 is 6.33. The summed E-state index contributed by atoms with van der Waals surface area (Å²) < 4.78 is 81.5. The van der Waals surface area contributed by atoms with Crippen LogP contribution in [0.2, 0.25) is 5.02 Å². The van der Waals surface area contributed by atoms with Crippen molar-refractivity contribution in [2.75, 3.05) is 38.7 Å². The molecule has 1 N–H and O–H groups in total. The third-order valence-corrected chi connectivity index (χ3v) is 13.0. The van der Waals surface area contributed by atoms with Gasteiger partial charge >= 0.3 is 6.18 Å². The van der Waals surface area contributed by atoms with Crippen LogP contribution < -0.4 is 14.4 Å². The van der Waals surface area contributed by atoms with Crippen molar-refractivity contribution in [3.8, 4) is 5.75 Å². The minimum Gasteiger partial charge on any atom is -0.487 e. The summed E-state index contributed by atoms with van der Waals surface area (Å²) in [5.41, 5.74) is 1.62. The van der Waals surface area contributed by atoms with Gasteiger partial charge in [-0.15, -0.1) is 0 Å². The summed E-state index contributed by atoms with van der Waals surface area (Å²) in [6, 6.07) is 10.6. The van der Waals surface area contributed by atoms with Crippen LogP contribution in [0.4, 0.5) is 18.9 Å². The molecule has 1 saturated carbocycles. The number of hydrogen-bond acceptors (Lipinski definition) is 7. The van der Waals surface area contributed by atoms with E-state index in [9.17, 15) is 31.2 Å². The van der Waals surface area contributed by atoms with Gasteiger partial charge in [-0.25, -0.2) is 13.1 Å². The fourth-order valence-corrected chi connectivity index (χ4v) is 8.87. The number of sulfonamides is 1. The number of anilines is 1. The molecule has 2 aliphatic heterocycles. The first-order chi connectivity index (χ1) is 24.0. The molecule has 51 heavy (non-hydrogen) atoms. The highest BCUT2D eigenvalue weighted by Crippen LogP contribution is 2.48. The number of fused-ring (bicyclic) bond motifs is 3. The average Bonchev–Trinajstić information content (AvgIpc) is 3.07. The van der Waals surface area contributed by atoms with E-state index in [0.29, 0.717) is 40.9 Å². The van der Waals surface area contributed by atoms with E-state index in [-0.39, 0.29) is 36.8 Å². The topological polar surface area (TPSA) is 105 Å². The molecule has 0 radical (unpaired) electrons. The molecule has 0 spiro atoms. The van der Waals surface area contributed by atoms with Crippen molar-refractivity contribution in [2.24, 2.45) is 17.8 Å². The van der Waals surface area contributed by atoms with Crippen LogP contribution in [0.1, 0.15) is 73.9 Å². The number of alkyl halides is 3. The van der Waals surface area contributed by atoms with Gasteiger partial charge in [0.1, 0.15) is 18.9 Å². The van der Waals surface area contributed by atoms with Gasteiger partial charge in [-0.2, -0.15) is 13.2 Å². The van der Waals surface area contributed by atoms with E-state index in [1.807, 2.05) is 18.2 Å². The quantitative estimate of drug-likeness (QED) is 0.338. The van der Waals surface area contributed by atoms with Crippen LogP contribution in [-0.4, -0.2) is 76.0 Å². The number of carbonyl (C=O) groups excluding carboxylic acids is 2. The molecule has 14 heteroatoms. The molecule has 2 aromatic carbocycles. The van der Waals surface area contributed by atoms with Crippen LogP contribution in [0.25, 0.3) is 0 Å². The van der Waals surface area contributed by atoms with Gasteiger partial charge < -0.3 is 19.3 Å². The molecule has 2 amide bonds. The highest BCUT2D eigenvalue weighted by molar-refractivity contribution is 7.90. The number of amides is 2. The number of rotatable bonds is 4. The van der Waals surface area contributed by atoms with Crippen molar-refractivity contribution in [3.63, 3.8) is 0 Å². The van der Waals surface area contributed by atoms with E-state index >= 15 is 0 Å². The van der Waals surface area contributed by atoms with Crippen LogP contribution in [-0.2, 0) is 32.6 Å². The van der Waals surface area contributed by atoms with Gasteiger partial charge in [-0.05, 0) is 105 Å². The van der Waals surface area contributed by atoms with Gasteiger partial charge in [-0.3, -0.25) is 9.59 Å². The minimum absolute atomic E-state index is 0.0218. The summed E-state index contributed by atoms with van der Waals surface area (Å²) in [4.78, 5) is 29.7. The Balaban J connectivity index is 1.57. The van der Waals surface area contributed by atoms with Crippen molar-refractivity contribution in [1.82, 2.24) is 9.62 Å². The smallest absolute Gasteiger partial charge is 0.406 e. The van der Waals surface area contributed by atoms with Crippen LogP contribution in [0.15, 0.2) is 48.6 Å². The van der Waals surface area contributed by atoms with E-state index in [2.05, 4.69) is 9.62 Å². The molecule has 5 atom stereocenters. The second kappa shape index (κ2) is 15.8. The lowest BCUT2D eigenvalue weighted by Crippen LogP contribution is -2.53. The number of allylic oxidation sites excluding steroid dienone is 1. The fourth-order valence-electron chi connectivity index (χ4n) is 7.39. The molecule has 280 valence electrons. The Morgan fingerprint density at radius 2 is 1.90 bits per heavy atom. The molecule has 9 nitrogen and oxygen atoms in total. The van der Waals surface area contributed by atoms with E-state index in [1.54, 1.807) is 37.3 Å². The lowest BCUT2D eigenvalue weighted by Gasteiger charge is -2.50. The molecular weight excluding hydrogens is 707 g/mol. The lowest BCUT2D eigenvalue weighted by molar-refractivity contribution is -0.164. The Morgan fingerprint density at radius 1 is 1.14 bits per heavy atom. The van der Waals surface area contributed by atoms with Gasteiger partial charge in [0.2, 0.25) is 15.9 Å². The first kappa shape index (κ1) is 38.9. The molecule has 5 rings (SSSR count). The van der Waals surface area contributed by atoms with E-state index in [4.69, 9.17) is 21.1 Å². The summed E-state index contributed by atoms with van der Waals surface area (Å²) in [6.45, 7) is 3.20. The van der Waals surface area contributed by atoms with Gasteiger partial charge in [-0.1, -0.05) is 36.7 Å². The molecule has 3 aliphatic rings. The first-order valence-corrected chi connectivity index (χ1v) is 19.3. The second-order valence-electron chi connectivity index (χ2n) is 14.2. The van der Waals surface area contributed by atoms with Gasteiger partial charge in [0, 0.05) is 37.8 Å². The highest BCUT2D eigenvalue weighted by atomic mass is 35.5. The number of benzene rings is 2. The first-order valence-electron chi connectivity index (χ1n) is 17.4. The fraction of sp³-hybridized carbons (Fsp3) is 0.568. The number of ether oxygens (including phenoxy) is 2. The zero-order valence-electron chi connectivity index (χ0n) is 29.5. The van der Waals surface area contributed by atoms with Crippen LogP contribution in [0.3, 0.4) is 0 Å². The number of hydrogen-bond donors (Lipinski definition) is 1. The Hall–Kier alpha value is -3.29. The Morgan fingerprint density at radius 3 is 2.59 bits per heavy atom. The maximum Gasteiger partial charge on any atom is 0.406 e. The maximum absolute atomic E-state index is 13.5. The number of nitrogens with one attached hydrogen (secondary N) is 1. The minimum atomic E-state index is -4.56. The zero-order valence-corrected chi connectivity index (χ0v) is 31.0. The number of carbonyl (C=O) groups is 2. The second-order valence-corrected chi connectivity index (χ2v) is 16.7. The molecule has 2 heterocycles. The molecule has 2 bridgehead atoms. The van der Waals surface area contributed by atoms with Gasteiger partial charge in [0.15, 0.2) is 0 Å². The molecule has 1 aliphatic carbocycles. The molecule has 0 aromatic heterocycles. The molecule has 0 unspecified atom stereocenters. The largest absolute Gasteiger partial charge is 0.487 e. The number of methoxy groups -OCH3 is 1. The zero-order chi connectivity index (χ0) is 37.1. The lowest BCUT2D eigenvalue weighted by atomic mass is 9.63. The third-order valence-electron chi connectivity index (χ3n) is 10.8. The van der Waals surface area contributed by atoms with Crippen molar-refractivity contribution >= 4 is 39.1 Å². The Bertz CT molecular complexity index is 1740. The highest BCUT2D eigenvalue weighted by Gasteiger charge is 2.49. The van der Waals surface area contributed by atoms with Crippen molar-refractivity contribution < 1.29 is 40.7 Å². The summed E-state index contributed by atoms with van der Waals surface area (Å²) in [5.74, 6) is -1.64. The van der Waals surface area contributed by atoms with Crippen LogP contribution >= 0.6 is 11.6 Å². The Kier molecular flexibility index (Phi) is 12.0. The molecule has 0 saturated heterocycles. The van der Waals surface area contributed by atoms with Crippen molar-refractivity contribution in [1.29, 1.82) is 0 Å². The normalized spacial score (nSPS) is 27.7. The predicted octanol–water partition coefficient (Wildman–Crippen LogP) is 6.93. The number of aryl methyl sites for hydroxylation is 1. The van der Waals surface area contributed by atoms with Gasteiger partial charge in [0.25, 0.3) is 5.91 Å². The Labute approximate surface area is 303 Å².